The molecule has 0 aliphatic carbocycles. The van der Waals surface area contributed by atoms with Crippen molar-refractivity contribution < 1.29 is 19.0 Å². The molecule has 0 fully saturated rings. The Balaban J connectivity index is 1.91. The third-order valence-corrected chi connectivity index (χ3v) is 3.41. The van der Waals surface area contributed by atoms with Crippen LogP contribution < -0.4 is 19.5 Å². The Morgan fingerprint density at radius 2 is 2.00 bits per heavy atom. The van der Waals surface area contributed by atoms with Crippen LogP contribution in [0.15, 0.2) is 36.4 Å². The Morgan fingerprint density at radius 1 is 1.18 bits per heavy atom. The summed E-state index contributed by atoms with van der Waals surface area (Å²) in [6.45, 7) is 2.88. The zero-order chi connectivity index (χ0) is 15.5. The third-order valence-electron chi connectivity index (χ3n) is 3.41. The van der Waals surface area contributed by atoms with Gasteiger partial charge in [-0.15, -0.1) is 0 Å². The SMILES string of the molecule is COc1ccc(C)cc1NC(=O)c1cccc2c1OCCO2. The van der Waals surface area contributed by atoms with Gasteiger partial charge in [-0.25, -0.2) is 0 Å². The Morgan fingerprint density at radius 3 is 2.82 bits per heavy atom. The molecule has 0 saturated heterocycles. The van der Waals surface area contributed by atoms with Crippen LogP contribution in [0, 0.1) is 6.92 Å². The second-order valence-corrected chi connectivity index (χ2v) is 4.99. The number of carbonyl (C=O) groups excluding carboxylic acids is 1. The van der Waals surface area contributed by atoms with Crippen molar-refractivity contribution in [2.75, 3.05) is 25.6 Å². The molecule has 0 spiro atoms. The van der Waals surface area contributed by atoms with E-state index in [1.807, 2.05) is 25.1 Å². The van der Waals surface area contributed by atoms with Crippen LogP contribution in [0.1, 0.15) is 15.9 Å². The number of anilines is 1. The highest BCUT2D eigenvalue weighted by atomic mass is 16.6. The Kier molecular flexibility index (Phi) is 3.87. The van der Waals surface area contributed by atoms with Gasteiger partial charge >= 0.3 is 0 Å². The Hall–Kier alpha value is -2.69. The quantitative estimate of drug-likeness (QED) is 0.946. The molecule has 22 heavy (non-hydrogen) atoms. The predicted octanol–water partition coefficient (Wildman–Crippen LogP) is 3.03. The highest BCUT2D eigenvalue weighted by molar-refractivity contribution is 6.07. The van der Waals surface area contributed by atoms with Gasteiger partial charge in [-0.3, -0.25) is 4.79 Å². The molecular formula is C17H17NO4. The molecule has 1 aliphatic heterocycles. The van der Waals surface area contributed by atoms with Crippen LogP contribution >= 0.6 is 0 Å². The molecule has 3 rings (SSSR count). The predicted molar refractivity (Wildman–Crippen MR) is 83.1 cm³/mol. The van der Waals surface area contributed by atoms with E-state index in [4.69, 9.17) is 14.2 Å². The van der Waals surface area contributed by atoms with Crippen LogP contribution in [-0.4, -0.2) is 26.2 Å². The van der Waals surface area contributed by atoms with E-state index in [1.54, 1.807) is 25.3 Å². The van der Waals surface area contributed by atoms with Crippen LogP contribution in [0.25, 0.3) is 0 Å². The minimum absolute atomic E-state index is 0.258. The standard InChI is InChI=1S/C17H17NO4/c1-11-6-7-14(20-2)13(10-11)18-17(19)12-4-3-5-15-16(12)22-9-8-21-15/h3-7,10H,8-9H2,1-2H3,(H,18,19). The number of carbonyl (C=O) groups is 1. The van der Waals surface area contributed by atoms with Crippen LogP contribution in [0.2, 0.25) is 0 Å². The molecule has 1 amide bonds. The lowest BCUT2D eigenvalue weighted by molar-refractivity contribution is 0.101. The molecule has 5 heteroatoms. The van der Waals surface area contributed by atoms with E-state index < -0.39 is 0 Å². The lowest BCUT2D eigenvalue weighted by atomic mass is 10.1. The second kappa shape index (κ2) is 5.97. The molecule has 0 atom stereocenters. The van der Waals surface area contributed by atoms with Crippen molar-refractivity contribution >= 4 is 11.6 Å². The first-order valence-electron chi connectivity index (χ1n) is 7.03. The number of methoxy groups -OCH3 is 1. The molecule has 0 saturated carbocycles. The van der Waals surface area contributed by atoms with E-state index in [2.05, 4.69) is 5.32 Å². The van der Waals surface area contributed by atoms with Crippen LogP contribution in [-0.2, 0) is 0 Å². The molecule has 1 aliphatic rings. The maximum atomic E-state index is 12.6. The fourth-order valence-electron chi connectivity index (χ4n) is 2.36. The summed E-state index contributed by atoms with van der Waals surface area (Å²) in [4.78, 5) is 12.6. The van der Waals surface area contributed by atoms with E-state index in [-0.39, 0.29) is 5.91 Å². The van der Waals surface area contributed by atoms with Gasteiger partial charge in [0.05, 0.1) is 18.4 Å². The molecule has 5 nitrogen and oxygen atoms in total. The zero-order valence-corrected chi connectivity index (χ0v) is 12.5. The van der Waals surface area contributed by atoms with Gasteiger partial charge < -0.3 is 19.5 Å². The maximum absolute atomic E-state index is 12.6. The monoisotopic (exact) mass is 299 g/mol. The van der Waals surface area contributed by atoms with Crippen molar-refractivity contribution in [3.05, 3.63) is 47.5 Å². The first-order valence-corrected chi connectivity index (χ1v) is 7.03. The van der Waals surface area contributed by atoms with Gasteiger partial charge in [0.2, 0.25) is 0 Å². The van der Waals surface area contributed by atoms with E-state index in [0.717, 1.165) is 5.56 Å². The second-order valence-electron chi connectivity index (χ2n) is 4.99. The van der Waals surface area contributed by atoms with Gasteiger partial charge in [0, 0.05) is 0 Å². The highest BCUT2D eigenvalue weighted by Crippen LogP contribution is 2.34. The van der Waals surface area contributed by atoms with Crippen molar-refractivity contribution in [3.63, 3.8) is 0 Å². The van der Waals surface area contributed by atoms with Crippen molar-refractivity contribution in [2.45, 2.75) is 6.92 Å². The molecule has 0 unspecified atom stereocenters. The summed E-state index contributed by atoms with van der Waals surface area (Å²) in [6.07, 6.45) is 0. The summed E-state index contributed by atoms with van der Waals surface area (Å²) in [5, 5.41) is 2.87. The lowest BCUT2D eigenvalue weighted by Gasteiger charge is -2.20. The molecule has 2 aromatic rings. The summed E-state index contributed by atoms with van der Waals surface area (Å²) in [6, 6.07) is 10.9. The number of amides is 1. The fraction of sp³-hybridized carbons (Fsp3) is 0.235. The van der Waals surface area contributed by atoms with Gasteiger partial charge in [-0.2, -0.15) is 0 Å². The topological polar surface area (TPSA) is 56.8 Å². The van der Waals surface area contributed by atoms with E-state index >= 15 is 0 Å². The summed E-state index contributed by atoms with van der Waals surface area (Å²) in [5.41, 5.74) is 2.10. The van der Waals surface area contributed by atoms with Crippen LogP contribution in [0.3, 0.4) is 0 Å². The minimum atomic E-state index is -0.258. The van der Waals surface area contributed by atoms with Crippen molar-refractivity contribution in [1.82, 2.24) is 0 Å². The summed E-state index contributed by atoms with van der Waals surface area (Å²) in [5.74, 6) is 1.43. The number of nitrogens with one attached hydrogen (secondary N) is 1. The average molecular weight is 299 g/mol. The van der Waals surface area contributed by atoms with Gasteiger partial charge in [-0.05, 0) is 36.8 Å². The number of hydrogen-bond donors (Lipinski definition) is 1. The average Bonchev–Trinajstić information content (AvgIpc) is 2.54. The van der Waals surface area contributed by atoms with Gasteiger partial charge in [-0.1, -0.05) is 12.1 Å². The number of fused-ring (bicyclic) bond motifs is 1. The number of benzene rings is 2. The van der Waals surface area contributed by atoms with Crippen molar-refractivity contribution in [2.24, 2.45) is 0 Å². The summed E-state index contributed by atoms with van der Waals surface area (Å²) >= 11 is 0. The molecule has 1 heterocycles. The number of para-hydroxylation sites is 1. The van der Waals surface area contributed by atoms with Gasteiger partial charge in [0.1, 0.15) is 19.0 Å². The van der Waals surface area contributed by atoms with Crippen molar-refractivity contribution in [1.29, 1.82) is 0 Å². The fourth-order valence-corrected chi connectivity index (χ4v) is 2.36. The van der Waals surface area contributed by atoms with E-state index in [1.165, 1.54) is 0 Å². The minimum Gasteiger partial charge on any atom is -0.495 e. The van der Waals surface area contributed by atoms with E-state index in [9.17, 15) is 4.79 Å². The number of aryl methyl sites for hydroxylation is 1. The van der Waals surface area contributed by atoms with Gasteiger partial charge in [0.15, 0.2) is 11.5 Å². The first-order chi connectivity index (χ1) is 10.7. The van der Waals surface area contributed by atoms with Gasteiger partial charge in [0.25, 0.3) is 5.91 Å². The smallest absolute Gasteiger partial charge is 0.259 e. The molecule has 1 N–H and O–H groups in total. The van der Waals surface area contributed by atoms with E-state index in [0.29, 0.717) is 41.7 Å². The third kappa shape index (κ3) is 2.70. The maximum Gasteiger partial charge on any atom is 0.259 e. The molecular weight excluding hydrogens is 282 g/mol. The molecule has 2 aromatic carbocycles. The molecule has 0 aromatic heterocycles. The zero-order valence-electron chi connectivity index (χ0n) is 12.5. The first kappa shape index (κ1) is 14.3. The Labute approximate surface area is 128 Å². The number of ether oxygens (including phenoxy) is 3. The summed E-state index contributed by atoms with van der Waals surface area (Å²) in [7, 11) is 1.57. The largest absolute Gasteiger partial charge is 0.495 e. The van der Waals surface area contributed by atoms with Crippen LogP contribution in [0.4, 0.5) is 5.69 Å². The van der Waals surface area contributed by atoms with Crippen LogP contribution in [0.5, 0.6) is 17.2 Å². The lowest BCUT2D eigenvalue weighted by Crippen LogP contribution is -2.20. The summed E-state index contributed by atoms with van der Waals surface area (Å²) < 4.78 is 16.4. The molecule has 114 valence electrons. The number of hydrogen-bond acceptors (Lipinski definition) is 4. The van der Waals surface area contributed by atoms with Crippen molar-refractivity contribution in [3.8, 4) is 17.2 Å². The molecule has 0 radical (unpaired) electrons. The normalized spacial score (nSPS) is 12.6. The highest BCUT2D eigenvalue weighted by Gasteiger charge is 2.21. The molecule has 0 bridgehead atoms. The Bertz CT molecular complexity index is 712. The number of rotatable bonds is 3.